The van der Waals surface area contributed by atoms with E-state index in [1.54, 1.807) is 5.48 Å². The topological polar surface area (TPSA) is 61.4 Å². The second-order valence-corrected chi connectivity index (χ2v) is 4.13. The maximum atomic E-state index is 10.8. The zero-order chi connectivity index (χ0) is 12.8. The van der Waals surface area contributed by atoms with Crippen LogP contribution in [-0.2, 0) is 4.79 Å². The van der Waals surface area contributed by atoms with Crippen molar-refractivity contribution in [1.82, 2.24) is 5.48 Å². The van der Waals surface area contributed by atoms with E-state index in [9.17, 15) is 4.79 Å². The largest absolute Gasteiger partial charge is 0.385 e. The summed E-state index contributed by atoms with van der Waals surface area (Å²) in [5.41, 5.74) is 2.66. The van der Waals surface area contributed by atoms with Gasteiger partial charge >= 0.3 is 0 Å². The lowest BCUT2D eigenvalue weighted by molar-refractivity contribution is -0.129. The molecule has 0 saturated carbocycles. The number of nitrogens with one attached hydrogen (secondary N) is 2. The van der Waals surface area contributed by atoms with E-state index in [1.807, 2.05) is 18.2 Å². The van der Waals surface area contributed by atoms with Crippen LogP contribution in [0.3, 0.4) is 0 Å². The monoisotopic (exact) mass is 244 g/mol. The van der Waals surface area contributed by atoms with Gasteiger partial charge in [-0.05, 0) is 29.3 Å². The minimum absolute atomic E-state index is 0.317. The van der Waals surface area contributed by atoms with Crippen LogP contribution in [0.15, 0.2) is 42.5 Å². The molecule has 0 bridgehead atoms. The summed E-state index contributed by atoms with van der Waals surface area (Å²) in [5, 5.41) is 14.0. The van der Waals surface area contributed by atoms with Gasteiger partial charge in [-0.2, -0.15) is 0 Å². The minimum atomic E-state index is -0.352. The van der Waals surface area contributed by atoms with Crippen molar-refractivity contribution in [3.63, 3.8) is 0 Å². The van der Waals surface area contributed by atoms with Crippen LogP contribution in [-0.4, -0.2) is 17.7 Å². The fourth-order valence-corrected chi connectivity index (χ4v) is 1.84. The third kappa shape index (κ3) is 3.21. The first kappa shape index (κ1) is 12.4. The molecule has 2 rings (SSSR count). The number of anilines is 1. The molecular formula is C14H16N2O2. The van der Waals surface area contributed by atoms with Crippen LogP contribution in [0.25, 0.3) is 10.8 Å². The van der Waals surface area contributed by atoms with Gasteiger partial charge in [0, 0.05) is 18.7 Å². The Morgan fingerprint density at radius 1 is 1.11 bits per heavy atom. The van der Waals surface area contributed by atoms with Gasteiger partial charge in [0.05, 0.1) is 0 Å². The number of carbonyl (C=O) groups is 1. The highest BCUT2D eigenvalue weighted by Crippen LogP contribution is 2.18. The molecule has 18 heavy (non-hydrogen) atoms. The van der Waals surface area contributed by atoms with Crippen LogP contribution in [0, 0.1) is 0 Å². The van der Waals surface area contributed by atoms with Crippen LogP contribution >= 0.6 is 0 Å². The van der Waals surface area contributed by atoms with Crippen molar-refractivity contribution in [3.8, 4) is 0 Å². The third-order valence-electron chi connectivity index (χ3n) is 2.78. The predicted octanol–water partition coefficient (Wildman–Crippen LogP) is 2.54. The average Bonchev–Trinajstić information content (AvgIpc) is 2.43. The van der Waals surface area contributed by atoms with E-state index in [0.717, 1.165) is 5.69 Å². The van der Waals surface area contributed by atoms with E-state index in [4.69, 9.17) is 5.21 Å². The Hall–Kier alpha value is -2.07. The molecule has 0 fully saturated rings. The molecule has 0 aliphatic heterocycles. The standard InChI is InChI=1S/C14H16N2O2/c17-14(16-18)6-3-9-15-13-8-7-11-4-1-2-5-12(11)10-13/h1-2,4-5,7-8,10,15,18H,3,6,9H2,(H,16,17). The van der Waals surface area contributed by atoms with Crippen LogP contribution in [0.4, 0.5) is 5.69 Å². The highest BCUT2D eigenvalue weighted by molar-refractivity contribution is 5.85. The lowest BCUT2D eigenvalue weighted by atomic mass is 10.1. The summed E-state index contributed by atoms with van der Waals surface area (Å²) in [6.45, 7) is 0.700. The van der Waals surface area contributed by atoms with Crippen molar-refractivity contribution in [2.45, 2.75) is 12.8 Å². The molecule has 2 aromatic rings. The fraction of sp³-hybridized carbons (Fsp3) is 0.214. The number of amides is 1. The maximum Gasteiger partial charge on any atom is 0.243 e. The Kier molecular flexibility index (Phi) is 4.15. The summed E-state index contributed by atoms with van der Waals surface area (Å²) in [7, 11) is 0. The van der Waals surface area contributed by atoms with E-state index in [-0.39, 0.29) is 5.91 Å². The summed E-state index contributed by atoms with van der Waals surface area (Å²) in [4.78, 5) is 10.8. The molecule has 1 amide bonds. The van der Waals surface area contributed by atoms with Gasteiger partial charge in [-0.3, -0.25) is 10.0 Å². The van der Waals surface area contributed by atoms with Crippen molar-refractivity contribution >= 4 is 22.4 Å². The Bertz CT molecular complexity index is 540. The van der Waals surface area contributed by atoms with Crippen LogP contribution < -0.4 is 10.8 Å². The quantitative estimate of drug-likeness (QED) is 0.430. The molecule has 0 saturated heterocycles. The number of hydrogen-bond acceptors (Lipinski definition) is 3. The minimum Gasteiger partial charge on any atom is -0.385 e. The molecule has 0 aromatic heterocycles. The smallest absolute Gasteiger partial charge is 0.243 e. The Morgan fingerprint density at radius 3 is 2.67 bits per heavy atom. The third-order valence-corrected chi connectivity index (χ3v) is 2.78. The number of fused-ring (bicyclic) bond motifs is 1. The van der Waals surface area contributed by atoms with Gasteiger partial charge in [0.1, 0.15) is 0 Å². The normalized spacial score (nSPS) is 10.3. The van der Waals surface area contributed by atoms with Gasteiger partial charge < -0.3 is 5.32 Å². The predicted molar refractivity (Wildman–Crippen MR) is 71.6 cm³/mol. The number of hydroxylamine groups is 1. The van der Waals surface area contributed by atoms with Gasteiger partial charge in [-0.1, -0.05) is 30.3 Å². The summed E-state index contributed by atoms with van der Waals surface area (Å²) < 4.78 is 0. The lowest BCUT2D eigenvalue weighted by Crippen LogP contribution is -2.19. The van der Waals surface area contributed by atoms with Crippen LogP contribution in [0.2, 0.25) is 0 Å². The molecule has 0 heterocycles. The van der Waals surface area contributed by atoms with E-state index < -0.39 is 0 Å². The molecule has 4 heteroatoms. The first-order chi connectivity index (χ1) is 8.79. The van der Waals surface area contributed by atoms with Gasteiger partial charge in [0.2, 0.25) is 5.91 Å². The van der Waals surface area contributed by atoms with Gasteiger partial charge in [-0.25, -0.2) is 5.48 Å². The van der Waals surface area contributed by atoms with E-state index in [1.165, 1.54) is 10.8 Å². The van der Waals surface area contributed by atoms with Crippen molar-refractivity contribution in [1.29, 1.82) is 0 Å². The molecule has 2 aromatic carbocycles. The van der Waals surface area contributed by atoms with Crippen LogP contribution in [0.5, 0.6) is 0 Å². The molecule has 0 spiro atoms. The average molecular weight is 244 g/mol. The van der Waals surface area contributed by atoms with Gasteiger partial charge in [0.25, 0.3) is 0 Å². The van der Waals surface area contributed by atoms with Gasteiger partial charge in [0.15, 0.2) is 0 Å². The molecule has 0 unspecified atom stereocenters. The highest BCUT2D eigenvalue weighted by atomic mass is 16.5. The zero-order valence-electron chi connectivity index (χ0n) is 10.0. The first-order valence-electron chi connectivity index (χ1n) is 5.95. The molecule has 0 radical (unpaired) electrons. The van der Waals surface area contributed by atoms with E-state index in [2.05, 4.69) is 29.6 Å². The van der Waals surface area contributed by atoms with Crippen molar-refractivity contribution in [2.75, 3.05) is 11.9 Å². The number of carbonyl (C=O) groups excluding carboxylic acids is 1. The Morgan fingerprint density at radius 2 is 1.89 bits per heavy atom. The molecular weight excluding hydrogens is 228 g/mol. The maximum absolute atomic E-state index is 10.8. The van der Waals surface area contributed by atoms with Gasteiger partial charge in [-0.15, -0.1) is 0 Å². The highest BCUT2D eigenvalue weighted by Gasteiger charge is 1.99. The molecule has 0 atom stereocenters. The molecule has 0 aliphatic rings. The van der Waals surface area contributed by atoms with Crippen LogP contribution in [0.1, 0.15) is 12.8 Å². The summed E-state index contributed by atoms with van der Waals surface area (Å²) in [5.74, 6) is -0.352. The molecule has 94 valence electrons. The fourth-order valence-electron chi connectivity index (χ4n) is 1.84. The van der Waals surface area contributed by atoms with Crippen molar-refractivity contribution in [3.05, 3.63) is 42.5 Å². The number of benzene rings is 2. The molecule has 3 N–H and O–H groups in total. The second-order valence-electron chi connectivity index (χ2n) is 4.13. The van der Waals surface area contributed by atoms with E-state index >= 15 is 0 Å². The zero-order valence-corrected chi connectivity index (χ0v) is 10.0. The summed E-state index contributed by atoms with van der Waals surface area (Å²) >= 11 is 0. The first-order valence-corrected chi connectivity index (χ1v) is 5.95. The molecule has 0 aliphatic carbocycles. The number of hydrogen-bond donors (Lipinski definition) is 3. The Labute approximate surface area is 106 Å². The number of rotatable bonds is 5. The lowest BCUT2D eigenvalue weighted by Gasteiger charge is -2.07. The Balaban J connectivity index is 1.90. The van der Waals surface area contributed by atoms with Crippen molar-refractivity contribution in [2.24, 2.45) is 0 Å². The SMILES string of the molecule is O=C(CCCNc1ccc2ccccc2c1)NO. The summed E-state index contributed by atoms with van der Waals surface area (Å²) in [6, 6.07) is 14.3. The van der Waals surface area contributed by atoms with E-state index in [0.29, 0.717) is 19.4 Å². The molecule has 4 nitrogen and oxygen atoms in total. The van der Waals surface area contributed by atoms with Crippen molar-refractivity contribution < 1.29 is 10.0 Å². The second kappa shape index (κ2) is 6.02. The summed E-state index contributed by atoms with van der Waals surface area (Å²) in [6.07, 6.45) is 0.996.